The van der Waals surface area contributed by atoms with E-state index in [0.717, 1.165) is 24.5 Å². The van der Waals surface area contributed by atoms with Crippen molar-refractivity contribution >= 4 is 35.4 Å². The maximum Gasteiger partial charge on any atom is 0.282 e. The van der Waals surface area contributed by atoms with E-state index in [0.29, 0.717) is 29.1 Å². The minimum atomic E-state index is -1.01. The number of hydrogen-bond donors (Lipinski definition) is 3. The first-order valence-electron chi connectivity index (χ1n) is 9.02. The number of amides is 2. The van der Waals surface area contributed by atoms with Crippen LogP contribution in [-0.4, -0.2) is 18.2 Å². The number of aliphatic imine (C=N–C) groups is 1. The highest BCUT2D eigenvalue weighted by Gasteiger charge is 2.40. The van der Waals surface area contributed by atoms with Gasteiger partial charge in [-0.05, 0) is 55.2 Å². The molecule has 2 aromatic carbocycles. The van der Waals surface area contributed by atoms with E-state index in [9.17, 15) is 14.0 Å². The maximum absolute atomic E-state index is 13.8. The van der Waals surface area contributed by atoms with Crippen LogP contribution in [0.3, 0.4) is 0 Å². The predicted octanol–water partition coefficient (Wildman–Crippen LogP) is 3.89. The molecule has 0 unspecified atom stereocenters. The molecule has 1 saturated carbocycles. The Morgan fingerprint density at radius 3 is 2.48 bits per heavy atom. The molecule has 0 atom stereocenters. The van der Waals surface area contributed by atoms with Gasteiger partial charge in [0.05, 0.1) is 18.1 Å². The Hall–Kier alpha value is -3.19. The summed E-state index contributed by atoms with van der Waals surface area (Å²) in [5, 5.41) is 6.03. The fraction of sp³-hybridized carbons (Fsp3) is 0.190. The zero-order chi connectivity index (χ0) is 20.9. The topological polar surface area (TPSA) is 96.6 Å². The van der Waals surface area contributed by atoms with E-state index in [1.54, 1.807) is 36.4 Å². The van der Waals surface area contributed by atoms with Gasteiger partial charge >= 0.3 is 0 Å². The summed E-state index contributed by atoms with van der Waals surface area (Å²) in [5.74, 6) is -2.13. The van der Waals surface area contributed by atoms with Gasteiger partial charge in [0, 0.05) is 16.3 Å². The second-order valence-electron chi connectivity index (χ2n) is 6.71. The van der Waals surface area contributed by atoms with Gasteiger partial charge in [-0.15, -0.1) is 0 Å². The number of halogens is 2. The number of hydrogen-bond acceptors (Lipinski definition) is 3. The summed E-state index contributed by atoms with van der Waals surface area (Å²) in [6.07, 6.45) is 3.99. The van der Waals surface area contributed by atoms with E-state index in [4.69, 9.17) is 17.3 Å². The van der Waals surface area contributed by atoms with Gasteiger partial charge in [0.15, 0.2) is 0 Å². The fourth-order valence-electron chi connectivity index (χ4n) is 3.17. The van der Waals surface area contributed by atoms with Gasteiger partial charge in [0.2, 0.25) is 5.83 Å². The first-order valence-corrected chi connectivity index (χ1v) is 9.40. The molecule has 0 heterocycles. The number of nitrogens with two attached hydrogens (primary N) is 1. The summed E-state index contributed by atoms with van der Waals surface area (Å²) in [6, 6.07) is 13.8. The molecule has 2 aromatic rings. The van der Waals surface area contributed by atoms with Crippen molar-refractivity contribution < 1.29 is 14.0 Å². The monoisotopic (exact) mass is 414 g/mol. The summed E-state index contributed by atoms with van der Waals surface area (Å²) in [7, 11) is 0. The second kappa shape index (κ2) is 8.87. The summed E-state index contributed by atoms with van der Waals surface area (Å²) in [6.45, 7) is 0. The van der Waals surface area contributed by atoms with Gasteiger partial charge in [0.25, 0.3) is 11.8 Å². The molecule has 8 heteroatoms. The molecule has 0 saturated heterocycles. The first kappa shape index (κ1) is 20.5. The Labute approximate surface area is 172 Å². The average Bonchev–Trinajstić information content (AvgIpc) is 2.69. The van der Waals surface area contributed by atoms with E-state index < -0.39 is 17.3 Å². The lowest BCUT2D eigenvalue weighted by atomic mass is 9.71. The van der Waals surface area contributed by atoms with Crippen molar-refractivity contribution in [1.82, 2.24) is 5.32 Å². The minimum absolute atomic E-state index is 0.278. The summed E-state index contributed by atoms with van der Waals surface area (Å²) in [4.78, 5) is 27.8. The highest BCUT2D eigenvalue weighted by atomic mass is 35.5. The van der Waals surface area contributed by atoms with Crippen LogP contribution < -0.4 is 16.4 Å². The number of anilines is 1. The van der Waals surface area contributed by atoms with Crippen LogP contribution in [0.15, 0.2) is 65.6 Å². The van der Waals surface area contributed by atoms with Crippen LogP contribution in [0.25, 0.3) is 0 Å². The molecule has 0 aromatic heterocycles. The maximum atomic E-state index is 13.8. The van der Waals surface area contributed by atoms with E-state index in [-0.39, 0.29) is 5.91 Å². The SMILES string of the molecule is NC=N/C=C(\F)C(=O)NC1(c2ccc(NC(=O)c3cccc(Cl)c3)cc2)CCC1. The lowest BCUT2D eigenvalue weighted by molar-refractivity contribution is -0.122. The summed E-state index contributed by atoms with van der Waals surface area (Å²) in [5.41, 5.74) is 6.31. The lowest BCUT2D eigenvalue weighted by Gasteiger charge is -2.43. The Balaban J connectivity index is 1.71. The Morgan fingerprint density at radius 2 is 1.90 bits per heavy atom. The van der Waals surface area contributed by atoms with Crippen molar-refractivity contribution in [1.29, 1.82) is 0 Å². The molecule has 3 rings (SSSR count). The molecule has 0 spiro atoms. The van der Waals surface area contributed by atoms with Gasteiger partial charge in [-0.25, -0.2) is 4.99 Å². The molecule has 0 radical (unpaired) electrons. The molecule has 150 valence electrons. The smallest absolute Gasteiger partial charge is 0.282 e. The quantitative estimate of drug-likeness (QED) is 0.380. The van der Waals surface area contributed by atoms with Crippen molar-refractivity contribution in [2.24, 2.45) is 10.7 Å². The molecule has 29 heavy (non-hydrogen) atoms. The highest BCUT2D eigenvalue weighted by molar-refractivity contribution is 6.31. The summed E-state index contributed by atoms with van der Waals surface area (Å²) >= 11 is 5.92. The van der Waals surface area contributed by atoms with Crippen molar-refractivity contribution in [3.63, 3.8) is 0 Å². The first-order chi connectivity index (χ1) is 13.9. The summed E-state index contributed by atoms with van der Waals surface area (Å²) < 4.78 is 13.8. The van der Waals surface area contributed by atoms with Crippen LogP contribution in [-0.2, 0) is 10.3 Å². The van der Waals surface area contributed by atoms with Crippen molar-refractivity contribution in [2.75, 3.05) is 5.32 Å². The standard InChI is InChI=1S/C21H20ClFN4O2/c22-16-4-1-3-14(11-16)19(28)26-17-7-5-15(6-8-17)21(9-2-10-21)27-20(29)18(23)12-25-13-24/h1,3-8,11-13H,2,9-10H2,(H2,24,25)(H,26,28)(H,27,29)/b18-12-. The molecular formula is C21H20ClFN4O2. The third-order valence-electron chi connectivity index (χ3n) is 4.83. The van der Waals surface area contributed by atoms with Gasteiger partial charge in [-0.2, -0.15) is 4.39 Å². The van der Waals surface area contributed by atoms with Crippen LogP contribution in [0, 0.1) is 0 Å². The van der Waals surface area contributed by atoms with Crippen molar-refractivity contribution in [3.8, 4) is 0 Å². The van der Waals surface area contributed by atoms with Crippen molar-refractivity contribution in [2.45, 2.75) is 24.8 Å². The third-order valence-corrected chi connectivity index (χ3v) is 5.07. The van der Waals surface area contributed by atoms with Crippen LogP contribution in [0.5, 0.6) is 0 Å². The lowest BCUT2D eigenvalue weighted by Crippen LogP contribution is -2.50. The van der Waals surface area contributed by atoms with E-state index >= 15 is 0 Å². The van der Waals surface area contributed by atoms with E-state index in [2.05, 4.69) is 15.6 Å². The molecule has 1 aliphatic rings. The van der Waals surface area contributed by atoms with Crippen LogP contribution in [0.1, 0.15) is 35.2 Å². The predicted molar refractivity (Wildman–Crippen MR) is 111 cm³/mol. The van der Waals surface area contributed by atoms with Gasteiger partial charge in [-0.1, -0.05) is 29.8 Å². The normalized spacial score (nSPS) is 15.6. The molecule has 4 N–H and O–H groups in total. The number of nitrogens with zero attached hydrogens (tertiary/aromatic N) is 1. The largest absolute Gasteiger partial charge is 0.390 e. The molecule has 6 nitrogen and oxygen atoms in total. The molecular weight excluding hydrogens is 395 g/mol. The van der Waals surface area contributed by atoms with Crippen LogP contribution in [0.4, 0.5) is 10.1 Å². The van der Waals surface area contributed by atoms with Gasteiger partial charge in [0.1, 0.15) is 0 Å². The van der Waals surface area contributed by atoms with E-state index in [1.165, 1.54) is 0 Å². The number of carbonyl (C=O) groups excluding carboxylic acids is 2. The molecule has 1 fully saturated rings. The van der Waals surface area contributed by atoms with E-state index in [1.807, 2.05) is 12.1 Å². The fourth-order valence-corrected chi connectivity index (χ4v) is 3.36. The number of benzene rings is 2. The van der Waals surface area contributed by atoms with Gasteiger partial charge < -0.3 is 16.4 Å². The zero-order valence-corrected chi connectivity index (χ0v) is 16.2. The van der Waals surface area contributed by atoms with Gasteiger partial charge in [-0.3, -0.25) is 9.59 Å². The Morgan fingerprint density at radius 1 is 1.17 bits per heavy atom. The highest BCUT2D eigenvalue weighted by Crippen LogP contribution is 2.41. The second-order valence-corrected chi connectivity index (χ2v) is 7.14. The van der Waals surface area contributed by atoms with Crippen molar-refractivity contribution in [3.05, 3.63) is 76.7 Å². The zero-order valence-electron chi connectivity index (χ0n) is 15.5. The molecule has 2 amide bonds. The molecule has 0 bridgehead atoms. The average molecular weight is 415 g/mol. The Kier molecular flexibility index (Phi) is 6.29. The number of carbonyl (C=O) groups is 2. The van der Waals surface area contributed by atoms with Crippen LogP contribution >= 0.6 is 11.6 Å². The number of nitrogens with one attached hydrogen (secondary N) is 2. The van der Waals surface area contributed by atoms with Crippen LogP contribution in [0.2, 0.25) is 5.02 Å². The minimum Gasteiger partial charge on any atom is -0.390 e. The Bertz CT molecular complexity index is 969. The molecule has 0 aliphatic heterocycles. The third kappa shape index (κ3) is 4.81. The molecule has 1 aliphatic carbocycles. The number of rotatable bonds is 6.